The highest BCUT2D eigenvalue weighted by atomic mass is 35.5. The molecule has 2 N–H and O–H groups in total. The Morgan fingerprint density at radius 1 is 1.31 bits per heavy atom. The number of methoxy groups -OCH3 is 1. The van der Waals surface area contributed by atoms with Gasteiger partial charge in [0.05, 0.1) is 30.9 Å². The van der Waals surface area contributed by atoms with Crippen molar-refractivity contribution in [1.29, 1.82) is 0 Å². The number of sulfonamides is 1. The molecule has 1 amide bonds. The first-order chi connectivity index (χ1) is 11.9. The number of anilines is 1. The fourth-order valence-corrected chi connectivity index (χ4v) is 3.64. The summed E-state index contributed by atoms with van der Waals surface area (Å²) in [6.45, 7) is 5.79. The highest BCUT2D eigenvalue weighted by Gasteiger charge is 2.17. The first-order valence-electron chi connectivity index (χ1n) is 8.18. The monoisotopic (exact) mass is 407 g/mol. The first-order valence-corrected chi connectivity index (χ1v) is 9.66. The second-order valence-corrected chi connectivity index (χ2v) is 7.52. The van der Waals surface area contributed by atoms with Crippen molar-refractivity contribution in [3.05, 3.63) is 18.2 Å². The van der Waals surface area contributed by atoms with E-state index >= 15 is 0 Å². The Hall–Kier alpha value is -1.39. The molecule has 1 aliphatic rings. The average Bonchev–Trinajstić information content (AvgIpc) is 2.59. The van der Waals surface area contributed by atoms with Crippen LogP contribution in [-0.2, 0) is 19.6 Å². The molecule has 0 unspecified atom stereocenters. The molecular formula is C16H26ClN3O5S. The van der Waals surface area contributed by atoms with E-state index in [1.54, 1.807) is 0 Å². The molecule has 0 saturated carbocycles. The van der Waals surface area contributed by atoms with Crippen molar-refractivity contribution in [2.24, 2.45) is 0 Å². The van der Waals surface area contributed by atoms with Crippen molar-refractivity contribution in [3.8, 4) is 5.75 Å². The van der Waals surface area contributed by atoms with Crippen LogP contribution in [0.25, 0.3) is 0 Å². The van der Waals surface area contributed by atoms with Gasteiger partial charge in [-0.2, -0.15) is 0 Å². The molecule has 10 heteroatoms. The number of hydrogen-bond donors (Lipinski definition) is 2. The van der Waals surface area contributed by atoms with Crippen molar-refractivity contribution in [2.75, 3.05) is 51.8 Å². The molecular weight excluding hydrogens is 382 g/mol. The van der Waals surface area contributed by atoms with E-state index in [2.05, 4.69) is 14.9 Å². The summed E-state index contributed by atoms with van der Waals surface area (Å²) in [7, 11) is -2.20. The number of rotatable bonds is 8. The molecule has 1 aromatic carbocycles. The standard InChI is InChI=1S/C16H25N3O5S.ClH/c1-13(20)18-15-5-4-14(12-16(15)23-2)25(21,22)17-6-3-7-19-8-10-24-11-9-19;/h4-5,12,17H,3,6-11H2,1-2H3,(H,18,20);1H. The van der Waals surface area contributed by atoms with E-state index in [0.717, 1.165) is 39.3 Å². The minimum Gasteiger partial charge on any atom is -0.495 e. The summed E-state index contributed by atoms with van der Waals surface area (Å²) in [5.41, 5.74) is 0.432. The fraction of sp³-hybridized carbons (Fsp3) is 0.562. The van der Waals surface area contributed by atoms with Gasteiger partial charge in [-0.05, 0) is 25.1 Å². The molecule has 0 radical (unpaired) electrons. The van der Waals surface area contributed by atoms with Gasteiger partial charge < -0.3 is 14.8 Å². The second-order valence-electron chi connectivity index (χ2n) is 5.75. The minimum absolute atomic E-state index is 0. The maximum absolute atomic E-state index is 12.4. The molecule has 1 fully saturated rings. The van der Waals surface area contributed by atoms with E-state index in [1.807, 2.05) is 0 Å². The zero-order chi connectivity index (χ0) is 18.3. The number of carbonyl (C=O) groups is 1. The van der Waals surface area contributed by atoms with Crippen LogP contribution in [0.5, 0.6) is 5.75 Å². The van der Waals surface area contributed by atoms with E-state index in [0.29, 0.717) is 18.0 Å². The topological polar surface area (TPSA) is 97.0 Å². The minimum atomic E-state index is -3.63. The quantitative estimate of drug-likeness (QED) is 0.626. The number of morpholine rings is 1. The second kappa shape index (κ2) is 10.7. The largest absolute Gasteiger partial charge is 0.495 e. The Balaban J connectivity index is 0.00000338. The van der Waals surface area contributed by atoms with Crippen molar-refractivity contribution in [2.45, 2.75) is 18.2 Å². The van der Waals surface area contributed by atoms with Crippen LogP contribution >= 0.6 is 12.4 Å². The summed E-state index contributed by atoms with van der Waals surface area (Å²) in [5, 5.41) is 2.60. The molecule has 8 nitrogen and oxygen atoms in total. The molecule has 148 valence electrons. The average molecular weight is 408 g/mol. The Morgan fingerprint density at radius 3 is 2.62 bits per heavy atom. The smallest absolute Gasteiger partial charge is 0.240 e. The van der Waals surface area contributed by atoms with E-state index in [1.165, 1.54) is 32.2 Å². The van der Waals surface area contributed by atoms with Gasteiger partial charge in [0.25, 0.3) is 0 Å². The van der Waals surface area contributed by atoms with Gasteiger partial charge in [-0.3, -0.25) is 9.69 Å². The number of nitrogens with zero attached hydrogens (tertiary/aromatic N) is 1. The molecule has 0 aliphatic carbocycles. The number of ether oxygens (including phenoxy) is 2. The lowest BCUT2D eigenvalue weighted by atomic mass is 10.3. The number of hydrogen-bond acceptors (Lipinski definition) is 6. The molecule has 0 atom stereocenters. The maximum Gasteiger partial charge on any atom is 0.240 e. The number of nitrogens with one attached hydrogen (secondary N) is 2. The van der Waals surface area contributed by atoms with Crippen molar-refractivity contribution < 1.29 is 22.7 Å². The van der Waals surface area contributed by atoms with Crippen LogP contribution in [0.2, 0.25) is 0 Å². The Labute approximate surface area is 160 Å². The summed E-state index contributed by atoms with van der Waals surface area (Å²) >= 11 is 0. The van der Waals surface area contributed by atoms with Gasteiger partial charge in [-0.15, -0.1) is 12.4 Å². The van der Waals surface area contributed by atoms with E-state index in [-0.39, 0.29) is 23.2 Å². The molecule has 1 aromatic rings. The third-order valence-electron chi connectivity index (χ3n) is 3.84. The van der Waals surface area contributed by atoms with Crippen molar-refractivity contribution in [1.82, 2.24) is 9.62 Å². The highest BCUT2D eigenvalue weighted by molar-refractivity contribution is 7.89. The number of amides is 1. The molecule has 0 bridgehead atoms. The third kappa shape index (κ3) is 6.73. The van der Waals surface area contributed by atoms with Gasteiger partial charge in [-0.25, -0.2) is 13.1 Å². The van der Waals surface area contributed by atoms with Crippen LogP contribution in [0.1, 0.15) is 13.3 Å². The van der Waals surface area contributed by atoms with Gasteiger partial charge >= 0.3 is 0 Å². The van der Waals surface area contributed by atoms with Crippen molar-refractivity contribution in [3.63, 3.8) is 0 Å². The molecule has 0 spiro atoms. The number of benzene rings is 1. The lowest BCUT2D eigenvalue weighted by Gasteiger charge is -2.26. The summed E-state index contributed by atoms with van der Waals surface area (Å²) in [6.07, 6.45) is 0.723. The summed E-state index contributed by atoms with van der Waals surface area (Å²) in [6, 6.07) is 4.36. The van der Waals surface area contributed by atoms with Gasteiger partial charge in [0.2, 0.25) is 15.9 Å². The normalized spacial score (nSPS) is 15.2. The van der Waals surface area contributed by atoms with Crippen LogP contribution in [0.4, 0.5) is 5.69 Å². The van der Waals surface area contributed by atoms with Crippen LogP contribution in [0.3, 0.4) is 0 Å². The lowest BCUT2D eigenvalue weighted by Crippen LogP contribution is -2.38. The first kappa shape index (κ1) is 22.7. The molecule has 1 saturated heterocycles. The van der Waals surface area contributed by atoms with E-state index in [9.17, 15) is 13.2 Å². The summed E-state index contributed by atoms with van der Waals surface area (Å²) in [5.74, 6) is 0.0431. The lowest BCUT2D eigenvalue weighted by molar-refractivity contribution is -0.114. The van der Waals surface area contributed by atoms with Gasteiger partial charge in [0.1, 0.15) is 5.75 Å². The van der Waals surface area contributed by atoms with Crippen LogP contribution in [0.15, 0.2) is 23.1 Å². The third-order valence-corrected chi connectivity index (χ3v) is 5.30. The number of halogens is 1. The van der Waals surface area contributed by atoms with Crippen molar-refractivity contribution >= 4 is 34.0 Å². The maximum atomic E-state index is 12.4. The molecule has 1 heterocycles. The van der Waals surface area contributed by atoms with E-state index in [4.69, 9.17) is 9.47 Å². The molecule has 2 rings (SSSR count). The van der Waals surface area contributed by atoms with Gasteiger partial charge in [0.15, 0.2) is 0 Å². The summed E-state index contributed by atoms with van der Waals surface area (Å²) < 4.78 is 37.8. The number of carbonyl (C=O) groups excluding carboxylic acids is 1. The zero-order valence-electron chi connectivity index (χ0n) is 15.0. The predicted octanol–water partition coefficient (Wildman–Crippen LogP) is 1.08. The molecule has 26 heavy (non-hydrogen) atoms. The van der Waals surface area contributed by atoms with E-state index < -0.39 is 10.0 Å². The predicted molar refractivity (Wildman–Crippen MR) is 102 cm³/mol. The molecule has 1 aliphatic heterocycles. The van der Waals surface area contributed by atoms with Crippen LogP contribution in [-0.4, -0.2) is 65.7 Å². The Bertz CT molecular complexity index is 693. The van der Waals surface area contributed by atoms with Gasteiger partial charge in [0, 0.05) is 32.6 Å². The van der Waals surface area contributed by atoms with Crippen LogP contribution in [0, 0.1) is 0 Å². The highest BCUT2D eigenvalue weighted by Crippen LogP contribution is 2.27. The Morgan fingerprint density at radius 2 is 2.00 bits per heavy atom. The molecule has 0 aromatic heterocycles. The van der Waals surface area contributed by atoms with Crippen LogP contribution < -0.4 is 14.8 Å². The van der Waals surface area contributed by atoms with Gasteiger partial charge in [-0.1, -0.05) is 0 Å². The fourth-order valence-electron chi connectivity index (χ4n) is 2.55. The Kier molecular flexibility index (Phi) is 9.31. The zero-order valence-corrected chi connectivity index (χ0v) is 16.6. The SMILES string of the molecule is COc1cc(S(=O)(=O)NCCCN2CCOCC2)ccc1NC(C)=O.Cl. The summed E-state index contributed by atoms with van der Waals surface area (Å²) in [4.78, 5) is 13.5.